The fraction of sp³-hybridized carbons (Fsp3) is 0.750. The maximum absolute atomic E-state index is 10.8. The fourth-order valence-corrected chi connectivity index (χ4v) is 2.19. The smallest absolute Gasteiger partial charge is 0.331 e. The van der Waals surface area contributed by atoms with E-state index in [4.69, 9.17) is 5.11 Å². The number of carboxylic acids is 1. The normalized spacial score (nSPS) is 28.9. The van der Waals surface area contributed by atoms with Crippen LogP contribution in [0.5, 0.6) is 0 Å². The zero-order chi connectivity index (χ0) is 10.6. The lowest BCUT2D eigenvalue weighted by molar-refractivity contribution is -0.132. The Labute approximate surface area is 86.0 Å². The zero-order valence-electron chi connectivity index (χ0n) is 9.12. The van der Waals surface area contributed by atoms with Gasteiger partial charge < -0.3 is 5.11 Å². The summed E-state index contributed by atoms with van der Waals surface area (Å²) in [6.07, 6.45) is 7.60. The third-order valence-electron chi connectivity index (χ3n) is 3.25. The molecule has 0 heterocycles. The van der Waals surface area contributed by atoms with Gasteiger partial charge in [-0.15, -0.1) is 0 Å². The molecule has 1 fully saturated rings. The van der Waals surface area contributed by atoms with E-state index in [2.05, 4.69) is 6.92 Å². The number of carboxylic acid groups (broad SMARTS) is 1. The summed E-state index contributed by atoms with van der Waals surface area (Å²) < 4.78 is 0. The van der Waals surface area contributed by atoms with E-state index in [9.17, 15) is 4.79 Å². The molecule has 0 amide bonds. The summed E-state index contributed by atoms with van der Waals surface area (Å²) >= 11 is 0. The summed E-state index contributed by atoms with van der Waals surface area (Å²) in [5, 5.41) is 8.92. The van der Waals surface area contributed by atoms with Gasteiger partial charge in [-0.25, -0.2) is 4.79 Å². The Hall–Kier alpha value is -0.790. The van der Waals surface area contributed by atoms with Crippen LogP contribution in [0.4, 0.5) is 0 Å². The Morgan fingerprint density at radius 3 is 2.57 bits per heavy atom. The highest BCUT2D eigenvalue weighted by atomic mass is 16.4. The first-order valence-corrected chi connectivity index (χ1v) is 5.59. The third kappa shape index (κ3) is 2.86. The minimum atomic E-state index is -0.745. The van der Waals surface area contributed by atoms with Gasteiger partial charge in [-0.1, -0.05) is 39.2 Å². The minimum Gasteiger partial charge on any atom is -0.478 e. The second-order valence-electron chi connectivity index (χ2n) is 4.28. The summed E-state index contributed by atoms with van der Waals surface area (Å²) in [5.41, 5.74) is 0.587. The molecule has 2 unspecified atom stereocenters. The van der Waals surface area contributed by atoms with Crippen LogP contribution in [0.2, 0.25) is 0 Å². The van der Waals surface area contributed by atoms with Gasteiger partial charge in [0.25, 0.3) is 0 Å². The van der Waals surface area contributed by atoms with Gasteiger partial charge in [0.2, 0.25) is 0 Å². The molecular formula is C12H20O2. The summed E-state index contributed by atoms with van der Waals surface area (Å²) in [6.45, 7) is 4.14. The fourth-order valence-electron chi connectivity index (χ4n) is 2.19. The van der Waals surface area contributed by atoms with E-state index in [-0.39, 0.29) is 0 Å². The summed E-state index contributed by atoms with van der Waals surface area (Å²) in [4.78, 5) is 10.8. The number of allylic oxidation sites excluding steroid dienone is 1. The number of rotatable bonds is 3. The molecule has 0 radical (unpaired) electrons. The maximum Gasteiger partial charge on any atom is 0.331 e. The van der Waals surface area contributed by atoms with E-state index in [1.807, 2.05) is 13.0 Å². The van der Waals surface area contributed by atoms with Crippen molar-refractivity contribution < 1.29 is 9.90 Å². The van der Waals surface area contributed by atoms with E-state index in [0.717, 1.165) is 6.42 Å². The van der Waals surface area contributed by atoms with Gasteiger partial charge >= 0.3 is 5.97 Å². The molecule has 2 nitrogen and oxygen atoms in total. The molecule has 2 heteroatoms. The van der Waals surface area contributed by atoms with Crippen molar-refractivity contribution in [2.75, 3.05) is 0 Å². The first-order chi connectivity index (χ1) is 6.65. The quantitative estimate of drug-likeness (QED) is 0.703. The van der Waals surface area contributed by atoms with Crippen LogP contribution in [0.1, 0.15) is 46.0 Å². The summed E-state index contributed by atoms with van der Waals surface area (Å²) in [5.74, 6) is 0.407. The summed E-state index contributed by atoms with van der Waals surface area (Å²) in [7, 11) is 0. The molecule has 0 saturated heterocycles. The van der Waals surface area contributed by atoms with Crippen molar-refractivity contribution in [2.45, 2.75) is 46.0 Å². The highest BCUT2D eigenvalue weighted by molar-refractivity contribution is 5.86. The average Bonchev–Trinajstić information content (AvgIpc) is 2.16. The number of hydrogen-bond donors (Lipinski definition) is 1. The Balaban J connectivity index is 2.66. The molecular weight excluding hydrogens is 176 g/mol. The molecule has 2 atom stereocenters. The van der Waals surface area contributed by atoms with Crippen LogP contribution in [0.3, 0.4) is 0 Å². The Morgan fingerprint density at radius 1 is 1.43 bits per heavy atom. The van der Waals surface area contributed by atoms with Crippen LogP contribution >= 0.6 is 0 Å². The van der Waals surface area contributed by atoms with Crippen molar-refractivity contribution in [2.24, 2.45) is 11.8 Å². The van der Waals surface area contributed by atoms with Crippen LogP contribution in [0, 0.1) is 11.8 Å². The topological polar surface area (TPSA) is 37.3 Å². The Kier molecular flexibility index (Phi) is 4.18. The first kappa shape index (κ1) is 11.3. The van der Waals surface area contributed by atoms with Gasteiger partial charge in [-0.3, -0.25) is 0 Å². The van der Waals surface area contributed by atoms with E-state index >= 15 is 0 Å². The molecule has 1 rings (SSSR count). The number of hydrogen-bond acceptors (Lipinski definition) is 1. The second-order valence-corrected chi connectivity index (χ2v) is 4.28. The monoisotopic (exact) mass is 196 g/mol. The van der Waals surface area contributed by atoms with Crippen molar-refractivity contribution >= 4 is 5.97 Å². The number of carbonyl (C=O) groups is 1. The standard InChI is InChI=1S/C12H20O2/c1-3-10(12(13)14)8-11-7-5-4-6-9(11)2/h8-9,11H,3-7H2,1-2H3,(H,13,14)/b10-8+. The molecule has 0 spiro atoms. The molecule has 1 aliphatic carbocycles. The van der Waals surface area contributed by atoms with Gasteiger partial charge in [0.05, 0.1) is 0 Å². The van der Waals surface area contributed by atoms with Crippen molar-refractivity contribution in [1.82, 2.24) is 0 Å². The lowest BCUT2D eigenvalue weighted by Crippen LogP contribution is -2.16. The van der Waals surface area contributed by atoms with Crippen molar-refractivity contribution in [3.63, 3.8) is 0 Å². The van der Waals surface area contributed by atoms with Crippen LogP contribution < -0.4 is 0 Å². The van der Waals surface area contributed by atoms with Crippen LogP contribution in [0.25, 0.3) is 0 Å². The minimum absolute atomic E-state index is 0.495. The highest BCUT2D eigenvalue weighted by Gasteiger charge is 2.20. The third-order valence-corrected chi connectivity index (χ3v) is 3.25. The molecule has 1 saturated carbocycles. The van der Waals surface area contributed by atoms with E-state index < -0.39 is 5.97 Å². The Morgan fingerprint density at radius 2 is 2.07 bits per heavy atom. The van der Waals surface area contributed by atoms with E-state index in [1.54, 1.807) is 0 Å². The average molecular weight is 196 g/mol. The SMILES string of the molecule is CC/C(=C\C1CCCCC1C)C(=O)O. The van der Waals surface area contributed by atoms with E-state index in [1.165, 1.54) is 19.3 Å². The van der Waals surface area contributed by atoms with Gasteiger partial charge in [0, 0.05) is 5.57 Å². The molecule has 0 aromatic heterocycles. The van der Waals surface area contributed by atoms with Gasteiger partial charge in [0.1, 0.15) is 0 Å². The number of aliphatic carboxylic acids is 1. The van der Waals surface area contributed by atoms with Crippen LogP contribution in [0.15, 0.2) is 11.6 Å². The lowest BCUT2D eigenvalue weighted by Gasteiger charge is -2.26. The van der Waals surface area contributed by atoms with Crippen LogP contribution in [-0.2, 0) is 4.79 Å². The van der Waals surface area contributed by atoms with Crippen molar-refractivity contribution in [1.29, 1.82) is 0 Å². The molecule has 14 heavy (non-hydrogen) atoms. The molecule has 0 bridgehead atoms. The second kappa shape index (κ2) is 5.18. The highest BCUT2D eigenvalue weighted by Crippen LogP contribution is 2.31. The van der Waals surface area contributed by atoms with Gasteiger partial charge in [-0.05, 0) is 24.7 Å². The molecule has 0 aliphatic heterocycles. The summed E-state index contributed by atoms with van der Waals surface area (Å²) in [6, 6.07) is 0. The lowest BCUT2D eigenvalue weighted by atomic mass is 9.79. The maximum atomic E-state index is 10.8. The molecule has 80 valence electrons. The van der Waals surface area contributed by atoms with E-state index in [0.29, 0.717) is 23.8 Å². The molecule has 0 aromatic carbocycles. The predicted octanol–water partition coefficient (Wildman–Crippen LogP) is 3.23. The first-order valence-electron chi connectivity index (χ1n) is 5.59. The molecule has 1 N–H and O–H groups in total. The Bertz CT molecular complexity index is 230. The zero-order valence-corrected chi connectivity index (χ0v) is 9.12. The molecule has 0 aromatic rings. The largest absolute Gasteiger partial charge is 0.478 e. The van der Waals surface area contributed by atoms with Crippen molar-refractivity contribution in [3.8, 4) is 0 Å². The van der Waals surface area contributed by atoms with Gasteiger partial charge in [-0.2, -0.15) is 0 Å². The van der Waals surface area contributed by atoms with Gasteiger partial charge in [0.15, 0.2) is 0 Å². The van der Waals surface area contributed by atoms with Crippen LogP contribution in [-0.4, -0.2) is 11.1 Å². The molecule has 1 aliphatic rings. The predicted molar refractivity (Wildman–Crippen MR) is 57.1 cm³/mol. The van der Waals surface area contributed by atoms with Crippen molar-refractivity contribution in [3.05, 3.63) is 11.6 Å².